The fourth-order valence-corrected chi connectivity index (χ4v) is 3.68. The highest BCUT2D eigenvalue weighted by molar-refractivity contribution is 9.10. The van der Waals surface area contributed by atoms with Crippen LogP contribution in [0.1, 0.15) is 0 Å². The molecule has 1 aliphatic rings. The van der Waals surface area contributed by atoms with Gasteiger partial charge in [-0.15, -0.1) is 11.3 Å². The standard InChI is InChI=1S/C13H13BrClN5OS/c14-8-7-18-12(16-3-5-20-6-4-17-13(20)21)19-11(8)9-1-2-10(15)22-9/h1-2,7H,3-6H2,(H,17,21)(H,16,18,19). The van der Waals surface area contributed by atoms with E-state index in [1.54, 1.807) is 11.1 Å². The molecule has 22 heavy (non-hydrogen) atoms. The molecule has 0 aliphatic carbocycles. The lowest BCUT2D eigenvalue weighted by atomic mass is 10.3. The van der Waals surface area contributed by atoms with Crippen molar-refractivity contribution >= 4 is 50.8 Å². The molecule has 0 atom stereocenters. The van der Waals surface area contributed by atoms with Crippen molar-refractivity contribution in [3.05, 3.63) is 27.1 Å². The Balaban J connectivity index is 1.66. The summed E-state index contributed by atoms with van der Waals surface area (Å²) in [4.78, 5) is 22.9. The van der Waals surface area contributed by atoms with Gasteiger partial charge in [0, 0.05) is 32.4 Å². The minimum Gasteiger partial charge on any atom is -0.352 e. The number of nitrogens with one attached hydrogen (secondary N) is 2. The Hall–Kier alpha value is -1.38. The molecule has 0 bridgehead atoms. The minimum atomic E-state index is -0.0209. The molecule has 0 aromatic carbocycles. The maximum atomic E-state index is 11.4. The molecule has 2 aromatic heterocycles. The fourth-order valence-electron chi connectivity index (χ4n) is 2.09. The smallest absolute Gasteiger partial charge is 0.317 e. The molecule has 2 amide bonds. The van der Waals surface area contributed by atoms with Gasteiger partial charge in [-0.25, -0.2) is 14.8 Å². The van der Waals surface area contributed by atoms with E-state index in [2.05, 4.69) is 36.5 Å². The van der Waals surface area contributed by atoms with E-state index in [4.69, 9.17) is 11.6 Å². The van der Waals surface area contributed by atoms with Gasteiger partial charge in [-0.1, -0.05) is 11.6 Å². The van der Waals surface area contributed by atoms with E-state index in [-0.39, 0.29) is 6.03 Å². The summed E-state index contributed by atoms with van der Waals surface area (Å²) in [6, 6.07) is 3.75. The second-order valence-corrected chi connectivity index (χ2v) is 7.21. The first-order chi connectivity index (χ1) is 10.6. The van der Waals surface area contributed by atoms with Crippen molar-refractivity contribution in [1.82, 2.24) is 20.2 Å². The summed E-state index contributed by atoms with van der Waals surface area (Å²) in [5, 5.41) is 5.91. The molecule has 0 radical (unpaired) electrons. The molecule has 116 valence electrons. The predicted octanol–water partition coefficient (Wildman–Crippen LogP) is 3.06. The van der Waals surface area contributed by atoms with Crippen molar-refractivity contribution in [2.45, 2.75) is 0 Å². The van der Waals surface area contributed by atoms with Crippen LogP contribution in [0.4, 0.5) is 10.7 Å². The molecule has 9 heteroatoms. The molecule has 1 saturated heterocycles. The van der Waals surface area contributed by atoms with E-state index in [1.165, 1.54) is 11.3 Å². The zero-order valence-electron chi connectivity index (χ0n) is 11.5. The number of hydrogen-bond acceptors (Lipinski definition) is 5. The third-order valence-corrected chi connectivity index (χ3v) is 4.98. The Morgan fingerprint density at radius 1 is 1.50 bits per heavy atom. The number of carbonyl (C=O) groups is 1. The third-order valence-electron chi connectivity index (χ3n) is 3.16. The van der Waals surface area contributed by atoms with Gasteiger partial charge >= 0.3 is 6.03 Å². The van der Waals surface area contributed by atoms with Gasteiger partial charge in [-0.05, 0) is 28.1 Å². The predicted molar refractivity (Wildman–Crippen MR) is 91.5 cm³/mol. The summed E-state index contributed by atoms with van der Waals surface area (Å²) >= 11 is 10.9. The third kappa shape index (κ3) is 3.50. The number of rotatable bonds is 5. The first-order valence-electron chi connectivity index (χ1n) is 6.68. The van der Waals surface area contributed by atoms with Crippen LogP contribution >= 0.6 is 38.9 Å². The lowest BCUT2D eigenvalue weighted by Crippen LogP contribution is -2.32. The van der Waals surface area contributed by atoms with Gasteiger partial charge in [0.15, 0.2) is 0 Å². The highest BCUT2D eigenvalue weighted by Crippen LogP contribution is 2.34. The van der Waals surface area contributed by atoms with Crippen LogP contribution in [0.25, 0.3) is 10.6 Å². The van der Waals surface area contributed by atoms with E-state index in [1.807, 2.05) is 12.1 Å². The van der Waals surface area contributed by atoms with E-state index in [9.17, 15) is 4.79 Å². The molecule has 3 rings (SSSR count). The molecule has 2 aromatic rings. The molecule has 2 N–H and O–H groups in total. The van der Waals surface area contributed by atoms with Crippen LogP contribution in [0.15, 0.2) is 22.8 Å². The quantitative estimate of drug-likeness (QED) is 0.806. The van der Waals surface area contributed by atoms with Gasteiger partial charge in [-0.3, -0.25) is 0 Å². The summed E-state index contributed by atoms with van der Waals surface area (Å²) < 4.78 is 1.53. The number of anilines is 1. The van der Waals surface area contributed by atoms with Crippen molar-refractivity contribution in [3.8, 4) is 10.6 Å². The number of aromatic nitrogens is 2. The lowest BCUT2D eigenvalue weighted by molar-refractivity contribution is 0.219. The van der Waals surface area contributed by atoms with E-state index in [0.29, 0.717) is 25.6 Å². The van der Waals surface area contributed by atoms with Crippen molar-refractivity contribution in [2.75, 3.05) is 31.5 Å². The van der Waals surface area contributed by atoms with Crippen molar-refractivity contribution in [3.63, 3.8) is 0 Å². The van der Waals surface area contributed by atoms with E-state index >= 15 is 0 Å². The van der Waals surface area contributed by atoms with Gasteiger partial charge in [0.25, 0.3) is 0 Å². The summed E-state index contributed by atoms with van der Waals surface area (Å²) in [5.74, 6) is 0.530. The molecule has 0 unspecified atom stereocenters. The first-order valence-corrected chi connectivity index (χ1v) is 8.67. The maximum Gasteiger partial charge on any atom is 0.317 e. The SMILES string of the molecule is O=C1NCCN1CCNc1ncc(Br)c(-c2ccc(Cl)s2)n1. The first kappa shape index (κ1) is 15.5. The van der Waals surface area contributed by atoms with Crippen LogP contribution < -0.4 is 10.6 Å². The maximum absolute atomic E-state index is 11.4. The van der Waals surface area contributed by atoms with Crippen LogP contribution in [0, 0.1) is 0 Å². The Kier molecular flexibility index (Phi) is 4.80. The number of thiophene rings is 1. The normalized spacial score (nSPS) is 14.3. The number of halogens is 2. The Labute approximate surface area is 145 Å². The topological polar surface area (TPSA) is 70.2 Å². The van der Waals surface area contributed by atoms with Crippen LogP contribution in [-0.2, 0) is 0 Å². The van der Waals surface area contributed by atoms with Crippen LogP contribution in [-0.4, -0.2) is 47.1 Å². The lowest BCUT2D eigenvalue weighted by Gasteiger charge is -2.14. The second kappa shape index (κ2) is 6.80. The molecular formula is C13H13BrClN5OS. The number of urea groups is 1. The number of carbonyl (C=O) groups excluding carboxylic acids is 1. The zero-order valence-corrected chi connectivity index (χ0v) is 14.6. The van der Waals surface area contributed by atoms with Crippen LogP contribution in [0.3, 0.4) is 0 Å². The van der Waals surface area contributed by atoms with Gasteiger partial charge in [0.1, 0.15) is 5.69 Å². The van der Waals surface area contributed by atoms with Crippen molar-refractivity contribution < 1.29 is 4.79 Å². The summed E-state index contributed by atoms with van der Waals surface area (Å²) in [6.07, 6.45) is 1.71. The van der Waals surface area contributed by atoms with Gasteiger partial charge < -0.3 is 15.5 Å². The average Bonchev–Trinajstić information content (AvgIpc) is 3.10. The number of nitrogens with zero attached hydrogens (tertiary/aromatic N) is 3. The summed E-state index contributed by atoms with van der Waals surface area (Å²) in [6.45, 7) is 2.66. The Morgan fingerprint density at radius 3 is 3.05 bits per heavy atom. The van der Waals surface area contributed by atoms with Crippen LogP contribution in [0.5, 0.6) is 0 Å². The number of amides is 2. The highest BCUT2D eigenvalue weighted by atomic mass is 79.9. The van der Waals surface area contributed by atoms with Crippen molar-refractivity contribution in [2.24, 2.45) is 0 Å². The van der Waals surface area contributed by atoms with E-state index in [0.717, 1.165) is 25.9 Å². The molecular weight excluding hydrogens is 390 g/mol. The molecule has 3 heterocycles. The molecule has 0 spiro atoms. The van der Waals surface area contributed by atoms with Crippen molar-refractivity contribution in [1.29, 1.82) is 0 Å². The zero-order chi connectivity index (χ0) is 15.5. The molecule has 1 aliphatic heterocycles. The molecule has 6 nitrogen and oxygen atoms in total. The average molecular weight is 403 g/mol. The minimum absolute atomic E-state index is 0.0209. The fraction of sp³-hybridized carbons (Fsp3) is 0.308. The van der Waals surface area contributed by atoms with Gasteiger partial charge in [0.2, 0.25) is 5.95 Å². The summed E-state index contributed by atoms with van der Waals surface area (Å²) in [7, 11) is 0. The van der Waals surface area contributed by atoms with E-state index < -0.39 is 0 Å². The monoisotopic (exact) mass is 401 g/mol. The molecule has 0 saturated carbocycles. The second-order valence-electron chi connectivity index (χ2n) is 4.64. The Bertz CT molecular complexity index is 695. The van der Waals surface area contributed by atoms with Gasteiger partial charge in [-0.2, -0.15) is 0 Å². The Morgan fingerprint density at radius 2 is 2.36 bits per heavy atom. The molecule has 1 fully saturated rings. The van der Waals surface area contributed by atoms with Gasteiger partial charge in [0.05, 0.1) is 13.7 Å². The number of hydrogen-bond donors (Lipinski definition) is 2. The largest absolute Gasteiger partial charge is 0.352 e. The highest BCUT2D eigenvalue weighted by Gasteiger charge is 2.18. The van der Waals surface area contributed by atoms with Crippen LogP contribution in [0.2, 0.25) is 4.34 Å². The summed E-state index contributed by atoms with van der Waals surface area (Å²) in [5.41, 5.74) is 0.799.